The van der Waals surface area contributed by atoms with Crippen molar-refractivity contribution in [2.45, 2.75) is 0 Å². The molecule has 5 nitrogen and oxygen atoms in total. The molecule has 5 heteroatoms. The number of rotatable bonds is 2. The number of nitrogens with one attached hydrogen (secondary N) is 1. The number of aromatic hydroxyl groups is 1. The molecule has 0 radical (unpaired) electrons. The number of ether oxygens (including phenoxy) is 1. The fraction of sp³-hybridized carbons (Fsp3) is 0.0667. The first-order chi connectivity index (χ1) is 9.72. The monoisotopic (exact) mass is 267 g/mol. The molecule has 0 unspecified atom stereocenters. The number of fused-ring (bicyclic) bond motifs is 1. The van der Waals surface area contributed by atoms with Crippen molar-refractivity contribution >= 4 is 10.9 Å². The van der Waals surface area contributed by atoms with Gasteiger partial charge in [-0.15, -0.1) is 0 Å². The van der Waals surface area contributed by atoms with Crippen molar-refractivity contribution in [2.75, 3.05) is 7.11 Å². The maximum Gasteiger partial charge on any atom is 0.303 e. The molecule has 3 rings (SSSR count). The normalized spacial score (nSPS) is 10.7. The lowest BCUT2D eigenvalue weighted by molar-refractivity contribution is 0.364. The molecule has 0 atom stereocenters. The first-order valence-corrected chi connectivity index (χ1v) is 6.11. The van der Waals surface area contributed by atoms with Gasteiger partial charge in [-0.05, 0) is 24.3 Å². The average Bonchev–Trinajstić information content (AvgIpc) is 2.48. The van der Waals surface area contributed by atoms with E-state index in [9.17, 15) is 5.11 Å². The Morgan fingerprint density at radius 2 is 1.80 bits per heavy atom. The van der Waals surface area contributed by atoms with Crippen LogP contribution in [-0.4, -0.2) is 21.8 Å². The highest BCUT2D eigenvalue weighted by atomic mass is 16.5. The van der Waals surface area contributed by atoms with Gasteiger partial charge < -0.3 is 9.84 Å². The van der Waals surface area contributed by atoms with Crippen molar-refractivity contribution < 1.29 is 9.84 Å². The van der Waals surface area contributed by atoms with E-state index in [2.05, 4.69) is 4.98 Å². The summed E-state index contributed by atoms with van der Waals surface area (Å²) in [5, 5.41) is 19.0. The van der Waals surface area contributed by atoms with E-state index >= 15 is 0 Å². The third kappa shape index (κ3) is 1.80. The third-order valence-electron chi connectivity index (χ3n) is 3.10. The molecule has 100 valence electrons. The van der Waals surface area contributed by atoms with Crippen LogP contribution >= 0.6 is 0 Å². The van der Waals surface area contributed by atoms with E-state index < -0.39 is 0 Å². The second-order valence-corrected chi connectivity index (χ2v) is 4.29. The van der Waals surface area contributed by atoms with Crippen LogP contribution in [0.4, 0.5) is 0 Å². The van der Waals surface area contributed by atoms with Crippen LogP contribution in [0.25, 0.3) is 16.6 Å². The summed E-state index contributed by atoms with van der Waals surface area (Å²) >= 11 is 0. The van der Waals surface area contributed by atoms with Crippen molar-refractivity contribution in [3.05, 3.63) is 54.0 Å². The number of hydrogen-bond donors (Lipinski definition) is 2. The van der Waals surface area contributed by atoms with E-state index in [1.165, 1.54) is 11.7 Å². The Balaban J connectivity index is 2.43. The van der Waals surface area contributed by atoms with Gasteiger partial charge in [0.25, 0.3) is 0 Å². The van der Waals surface area contributed by atoms with Crippen LogP contribution in [0, 0.1) is 5.41 Å². The highest BCUT2D eigenvalue weighted by Gasteiger charge is 2.13. The summed E-state index contributed by atoms with van der Waals surface area (Å²) in [6.45, 7) is 0. The summed E-state index contributed by atoms with van der Waals surface area (Å²) < 4.78 is 6.75. The van der Waals surface area contributed by atoms with Gasteiger partial charge in [-0.25, -0.2) is 4.57 Å². The van der Waals surface area contributed by atoms with Gasteiger partial charge >= 0.3 is 6.01 Å². The maximum absolute atomic E-state index is 9.99. The zero-order valence-corrected chi connectivity index (χ0v) is 10.9. The molecule has 0 aliphatic heterocycles. The Labute approximate surface area is 115 Å². The molecule has 0 aliphatic carbocycles. The van der Waals surface area contributed by atoms with Crippen molar-refractivity contribution in [3.8, 4) is 17.4 Å². The first-order valence-electron chi connectivity index (χ1n) is 6.11. The predicted octanol–water partition coefficient (Wildman–Crippen LogP) is 2.22. The lowest BCUT2D eigenvalue weighted by Crippen LogP contribution is -2.21. The number of hydrogen-bond acceptors (Lipinski definition) is 4. The number of phenols is 1. The fourth-order valence-electron chi connectivity index (χ4n) is 2.15. The number of methoxy groups -OCH3 is 1. The van der Waals surface area contributed by atoms with Gasteiger partial charge in [0, 0.05) is 5.39 Å². The SMILES string of the molecule is COc1nc2ccccc2c(=N)n1-c1ccccc1O. The van der Waals surface area contributed by atoms with Crippen LogP contribution < -0.4 is 10.2 Å². The molecule has 20 heavy (non-hydrogen) atoms. The second-order valence-electron chi connectivity index (χ2n) is 4.29. The highest BCUT2D eigenvalue weighted by Crippen LogP contribution is 2.24. The van der Waals surface area contributed by atoms with E-state index in [4.69, 9.17) is 10.1 Å². The van der Waals surface area contributed by atoms with Gasteiger partial charge in [0.1, 0.15) is 11.2 Å². The number of nitrogens with zero attached hydrogens (tertiary/aromatic N) is 2. The third-order valence-corrected chi connectivity index (χ3v) is 3.10. The Bertz CT molecular complexity index is 840. The standard InChI is InChI=1S/C15H13N3O2/c1-20-15-17-11-7-3-2-6-10(11)14(16)18(15)12-8-4-5-9-13(12)19/h2-9,16,19H,1H3. The minimum absolute atomic E-state index is 0.0707. The van der Waals surface area contributed by atoms with Gasteiger partial charge in [-0.3, -0.25) is 5.41 Å². The molecule has 0 amide bonds. The van der Waals surface area contributed by atoms with Crippen molar-refractivity contribution in [2.24, 2.45) is 0 Å². The minimum atomic E-state index is 0.0707. The Hall–Kier alpha value is -2.82. The minimum Gasteiger partial charge on any atom is -0.506 e. The number of para-hydroxylation sites is 3. The largest absolute Gasteiger partial charge is 0.506 e. The Morgan fingerprint density at radius 1 is 1.10 bits per heavy atom. The summed E-state index contributed by atoms with van der Waals surface area (Å²) in [6, 6.07) is 14.4. The van der Waals surface area contributed by atoms with Crippen molar-refractivity contribution in [1.82, 2.24) is 9.55 Å². The Kier molecular flexibility index (Phi) is 2.87. The number of aromatic nitrogens is 2. The van der Waals surface area contributed by atoms with Gasteiger partial charge in [-0.1, -0.05) is 24.3 Å². The summed E-state index contributed by atoms with van der Waals surface area (Å²) in [5.74, 6) is 0.0707. The molecule has 0 saturated carbocycles. The van der Waals surface area contributed by atoms with Crippen LogP contribution in [0.3, 0.4) is 0 Å². The molecule has 0 bridgehead atoms. The summed E-state index contributed by atoms with van der Waals surface area (Å²) in [5.41, 5.74) is 1.36. The van der Waals surface area contributed by atoms with Crippen molar-refractivity contribution in [3.63, 3.8) is 0 Å². The van der Waals surface area contributed by atoms with E-state index in [1.54, 1.807) is 24.3 Å². The summed E-state index contributed by atoms with van der Waals surface area (Å²) in [7, 11) is 1.49. The molecule has 0 saturated heterocycles. The van der Waals surface area contributed by atoms with Gasteiger partial charge in [0.15, 0.2) is 0 Å². The predicted molar refractivity (Wildman–Crippen MR) is 75.1 cm³/mol. The quantitative estimate of drug-likeness (QED) is 0.748. The van der Waals surface area contributed by atoms with Crippen LogP contribution in [0.1, 0.15) is 0 Å². The Morgan fingerprint density at radius 3 is 2.55 bits per heavy atom. The molecule has 0 aliphatic rings. The average molecular weight is 267 g/mol. The molecular weight excluding hydrogens is 254 g/mol. The van der Waals surface area contributed by atoms with Crippen LogP contribution in [0.5, 0.6) is 11.8 Å². The van der Waals surface area contributed by atoms with Crippen LogP contribution in [0.2, 0.25) is 0 Å². The zero-order chi connectivity index (χ0) is 14.1. The van der Waals surface area contributed by atoms with E-state index in [-0.39, 0.29) is 17.2 Å². The lowest BCUT2D eigenvalue weighted by atomic mass is 10.2. The van der Waals surface area contributed by atoms with Crippen LogP contribution in [-0.2, 0) is 0 Å². The van der Waals surface area contributed by atoms with Gasteiger partial charge in [0.05, 0.1) is 18.3 Å². The molecule has 2 aromatic carbocycles. The zero-order valence-electron chi connectivity index (χ0n) is 10.9. The van der Waals surface area contributed by atoms with Gasteiger partial charge in [0.2, 0.25) is 0 Å². The van der Waals surface area contributed by atoms with E-state index in [0.717, 1.165) is 0 Å². The van der Waals surface area contributed by atoms with Crippen LogP contribution in [0.15, 0.2) is 48.5 Å². The van der Waals surface area contributed by atoms with E-state index in [1.807, 2.05) is 24.3 Å². The topological polar surface area (TPSA) is 71.1 Å². The second kappa shape index (κ2) is 4.70. The van der Waals surface area contributed by atoms with E-state index in [0.29, 0.717) is 16.6 Å². The fourth-order valence-corrected chi connectivity index (χ4v) is 2.15. The molecule has 0 spiro atoms. The lowest BCUT2D eigenvalue weighted by Gasteiger charge is -2.14. The molecule has 0 fully saturated rings. The molecule has 2 N–H and O–H groups in total. The highest BCUT2D eigenvalue weighted by molar-refractivity contribution is 5.78. The van der Waals surface area contributed by atoms with Gasteiger partial charge in [-0.2, -0.15) is 4.98 Å². The molecule has 1 heterocycles. The maximum atomic E-state index is 9.99. The molecule has 1 aromatic heterocycles. The summed E-state index contributed by atoms with van der Waals surface area (Å²) in [4.78, 5) is 4.38. The number of benzene rings is 2. The molecule has 3 aromatic rings. The summed E-state index contributed by atoms with van der Waals surface area (Å²) in [6.07, 6.45) is 0. The van der Waals surface area contributed by atoms with Crippen molar-refractivity contribution in [1.29, 1.82) is 5.41 Å². The molecular formula is C15H13N3O2. The smallest absolute Gasteiger partial charge is 0.303 e. The first kappa shape index (κ1) is 12.2. The number of phenolic OH excluding ortho intramolecular Hbond substituents is 1.